The number of anilines is 1. The third kappa shape index (κ3) is 3.86. The van der Waals surface area contributed by atoms with E-state index in [2.05, 4.69) is 21.2 Å². The van der Waals surface area contributed by atoms with E-state index in [-0.39, 0.29) is 11.2 Å². The summed E-state index contributed by atoms with van der Waals surface area (Å²) < 4.78 is 7.52. The molecule has 0 aliphatic carbocycles. The SMILES string of the molecule is CC(Sc1nnc(-c2cccnc2)n1Cc1ccco1)C(=O)N1CCc2ccccc21. The molecule has 156 valence electrons. The molecule has 7 nitrogen and oxygen atoms in total. The van der Waals surface area contributed by atoms with Crippen LogP contribution in [0.1, 0.15) is 18.2 Å². The molecule has 1 aromatic carbocycles. The van der Waals surface area contributed by atoms with Crippen molar-refractivity contribution in [2.75, 3.05) is 11.4 Å². The highest BCUT2D eigenvalue weighted by Crippen LogP contribution is 2.32. The first kappa shape index (κ1) is 19.6. The number of aromatic nitrogens is 4. The number of nitrogens with zero attached hydrogens (tertiary/aromatic N) is 5. The Labute approximate surface area is 184 Å². The van der Waals surface area contributed by atoms with E-state index in [0.29, 0.717) is 24.1 Å². The van der Waals surface area contributed by atoms with Gasteiger partial charge >= 0.3 is 0 Å². The number of rotatable bonds is 6. The average Bonchev–Trinajstić information content (AvgIpc) is 3.55. The number of benzene rings is 1. The fraction of sp³-hybridized carbons (Fsp3) is 0.217. The summed E-state index contributed by atoms with van der Waals surface area (Å²) in [5.74, 6) is 1.56. The van der Waals surface area contributed by atoms with Gasteiger partial charge in [-0.2, -0.15) is 0 Å². The van der Waals surface area contributed by atoms with Gasteiger partial charge in [0.15, 0.2) is 11.0 Å². The lowest BCUT2D eigenvalue weighted by atomic mass is 10.2. The van der Waals surface area contributed by atoms with Gasteiger partial charge in [0.05, 0.1) is 18.1 Å². The van der Waals surface area contributed by atoms with Crippen molar-refractivity contribution in [1.82, 2.24) is 19.7 Å². The van der Waals surface area contributed by atoms with Gasteiger partial charge in [-0.3, -0.25) is 14.3 Å². The molecule has 0 saturated heterocycles. The molecule has 0 spiro atoms. The summed E-state index contributed by atoms with van der Waals surface area (Å²) in [4.78, 5) is 19.3. The Morgan fingerprint density at radius 3 is 2.87 bits per heavy atom. The second kappa shape index (κ2) is 8.39. The number of fused-ring (bicyclic) bond motifs is 1. The van der Waals surface area contributed by atoms with Crippen molar-refractivity contribution < 1.29 is 9.21 Å². The minimum Gasteiger partial charge on any atom is -0.467 e. The van der Waals surface area contributed by atoms with E-state index in [9.17, 15) is 4.79 Å². The molecule has 1 aliphatic rings. The summed E-state index contributed by atoms with van der Waals surface area (Å²) >= 11 is 1.41. The third-order valence-corrected chi connectivity index (χ3v) is 6.38. The van der Waals surface area contributed by atoms with Crippen LogP contribution in [0, 0.1) is 0 Å². The summed E-state index contributed by atoms with van der Waals surface area (Å²) in [6, 6.07) is 15.7. The van der Waals surface area contributed by atoms with E-state index in [0.717, 1.165) is 23.4 Å². The predicted molar refractivity (Wildman–Crippen MR) is 119 cm³/mol. The van der Waals surface area contributed by atoms with Gasteiger partial charge in [-0.05, 0) is 49.2 Å². The second-order valence-corrected chi connectivity index (χ2v) is 8.65. The number of amides is 1. The molecule has 0 saturated carbocycles. The molecule has 4 aromatic rings. The minimum absolute atomic E-state index is 0.0745. The summed E-state index contributed by atoms with van der Waals surface area (Å²) in [6.07, 6.45) is 6.01. The monoisotopic (exact) mass is 431 g/mol. The Hall–Kier alpha value is -3.39. The molecule has 8 heteroatoms. The van der Waals surface area contributed by atoms with E-state index < -0.39 is 0 Å². The van der Waals surface area contributed by atoms with Gasteiger partial charge in [0.25, 0.3) is 0 Å². The van der Waals surface area contributed by atoms with Gasteiger partial charge in [0, 0.05) is 30.2 Å². The Kier molecular flexibility index (Phi) is 5.30. The maximum atomic E-state index is 13.2. The van der Waals surface area contributed by atoms with Gasteiger partial charge in [0.2, 0.25) is 5.91 Å². The fourth-order valence-corrected chi connectivity index (χ4v) is 4.69. The number of hydrogen-bond donors (Lipinski definition) is 0. The van der Waals surface area contributed by atoms with Crippen molar-refractivity contribution in [2.45, 2.75) is 30.3 Å². The number of pyridine rings is 1. The number of carbonyl (C=O) groups is 1. The van der Waals surface area contributed by atoms with Crippen molar-refractivity contribution in [3.63, 3.8) is 0 Å². The van der Waals surface area contributed by atoms with Gasteiger partial charge in [-0.25, -0.2) is 0 Å². The number of hydrogen-bond acceptors (Lipinski definition) is 6. The first-order valence-corrected chi connectivity index (χ1v) is 11.0. The zero-order chi connectivity index (χ0) is 21.2. The molecule has 5 rings (SSSR count). The number of carbonyl (C=O) groups excluding carboxylic acids is 1. The highest BCUT2D eigenvalue weighted by molar-refractivity contribution is 8.00. The largest absolute Gasteiger partial charge is 0.467 e. The van der Waals surface area contributed by atoms with Crippen LogP contribution in [0.4, 0.5) is 5.69 Å². The summed E-state index contributed by atoms with van der Waals surface area (Å²) in [5, 5.41) is 9.16. The summed E-state index contributed by atoms with van der Waals surface area (Å²) in [6.45, 7) is 3.10. The Morgan fingerprint density at radius 1 is 1.16 bits per heavy atom. The van der Waals surface area contributed by atoms with Gasteiger partial charge < -0.3 is 9.32 Å². The summed E-state index contributed by atoms with van der Waals surface area (Å²) in [5.41, 5.74) is 3.09. The first-order chi connectivity index (χ1) is 15.2. The zero-order valence-corrected chi connectivity index (χ0v) is 17.8. The van der Waals surface area contributed by atoms with Gasteiger partial charge in [0.1, 0.15) is 5.76 Å². The number of thioether (sulfide) groups is 1. The van der Waals surface area contributed by atoms with Crippen molar-refractivity contribution >= 4 is 23.4 Å². The van der Waals surface area contributed by atoms with Crippen LogP contribution in [0.5, 0.6) is 0 Å². The van der Waals surface area contributed by atoms with Crippen LogP contribution in [-0.4, -0.2) is 37.5 Å². The smallest absolute Gasteiger partial charge is 0.240 e. The van der Waals surface area contributed by atoms with E-state index in [4.69, 9.17) is 4.42 Å². The minimum atomic E-state index is -0.313. The van der Waals surface area contributed by atoms with E-state index in [1.807, 2.05) is 58.9 Å². The van der Waals surface area contributed by atoms with Crippen LogP contribution >= 0.6 is 11.8 Å². The number of para-hydroxylation sites is 1. The molecular weight excluding hydrogens is 410 g/mol. The maximum Gasteiger partial charge on any atom is 0.240 e. The molecule has 1 aliphatic heterocycles. The first-order valence-electron chi connectivity index (χ1n) is 10.1. The molecule has 1 unspecified atom stereocenters. The van der Waals surface area contributed by atoms with Crippen LogP contribution < -0.4 is 4.90 Å². The third-order valence-electron chi connectivity index (χ3n) is 5.31. The quantitative estimate of drug-likeness (QED) is 0.429. The standard InChI is InChI=1S/C23H21N5O2S/c1-16(22(29)27-12-10-17-6-2-3-9-20(17)27)31-23-26-25-21(18-7-4-11-24-14-18)28(23)15-19-8-5-13-30-19/h2-9,11,13-14,16H,10,12,15H2,1H3. The Morgan fingerprint density at radius 2 is 2.06 bits per heavy atom. The molecule has 0 fully saturated rings. The van der Waals surface area contributed by atoms with E-state index >= 15 is 0 Å². The normalized spacial score (nSPS) is 13.9. The van der Waals surface area contributed by atoms with Crippen molar-refractivity contribution in [1.29, 1.82) is 0 Å². The number of furan rings is 1. The highest BCUT2D eigenvalue weighted by atomic mass is 32.2. The fourth-order valence-electron chi connectivity index (χ4n) is 3.78. The average molecular weight is 432 g/mol. The molecule has 1 atom stereocenters. The lowest BCUT2D eigenvalue weighted by molar-refractivity contribution is -0.117. The van der Waals surface area contributed by atoms with Crippen LogP contribution in [0.2, 0.25) is 0 Å². The van der Waals surface area contributed by atoms with Crippen molar-refractivity contribution in [2.24, 2.45) is 0 Å². The molecular formula is C23H21N5O2S. The van der Waals surface area contributed by atoms with E-state index in [1.54, 1.807) is 18.7 Å². The van der Waals surface area contributed by atoms with Gasteiger partial charge in [-0.15, -0.1) is 10.2 Å². The van der Waals surface area contributed by atoms with Gasteiger partial charge in [-0.1, -0.05) is 30.0 Å². The van der Waals surface area contributed by atoms with Crippen LogP contribution in [0.3, 0.4) is 0 Å². The second-order valence-electron chi connectivity index (χ2n) is 7.34. The van der Waals surface area contributed by atoms with Crippen molar-refractivity contribution in [3.05, 3.63) is 78.5 Å². The molecule has 31 heavy (non-hydrogen) atoms. The summed E-state index contributed by atoms with van der Waals surface area (Å²) in [7, 11) is 0. The predicted octanol–water partition coefficient (Wildman–Crippen LogP) is 4.05. The zero-order valence-electron chi connectivity index (χ0n) is 17.0. The van der Waals surface area contributed by atoms with Crippen LogP contribution in [-0.2, 0) is 17.8 Å². The Balaban J connectivity index is 1.42. The maximum absolute atomic E-state index is 13.2. The van der Waals surface area contributed by atoms with Crippen LogP contribution in [0.25, 0.3) is 11.4 Å². The molecule has 0 radical (unpaired) electrons. The Bertz CT molecular complexity index is 1190. The van der Waals surface area contributed by atoms with Crippen molar-refractivity contribution in [3.8, 4) is 11.4 Å². The topological polar surface area (TPSA) is 77.0 Å². The lowest BCUT2D eigenvalue weighted by Crippen LogP contribution is -2.35. The molecule has 0 bridgehead atoms. The molecule has 4 heterocycles. The highest BCUT2D eigenvalue weighted by Gasteiger charge is 2.29. The van der Waals surface area contributed by atoms with E-state index in [1.165, 1.54) is 17.3 Å². The lowest BCUT2D eigenvalue weighted by Gasteiger charge is -2.21. The molecule has 3 aromatic heterocycles. The molecule has 1 amide bonds. The molecule has 0 N–H and O–H groups in total. The van der Waals surface area contributed by atoms with Crippen LogP contribution in [0.15, 0.2) is 76.8 Å².